The maximum Gasteiger partial charge on any atom is 0.228 e. The number of hydrogen-bond acceptors (Lipinski definition) is 2. The van der Waals surface area contributed by atoms with Crippen LogP contribution < -0.4 is 10.2 Å². The van der Waals surface area contributed by atoms with Crippen molar-refractivity contribution in [3.8, 4) is 0 Å². The van der Waals surface area contributed by atoms with Gasteiger partial charge in [0.25, 0.3) is 0 Å². The zero-order valence-electron chi connectivity index (χ0n) is 13.3. The van der Waals surface area contributed by atoms with Crippen molar-refractivity contribution in [2.45, 2.75) is 19.8 Å². The van der Waals surface area contributed by atoms with Gasteiger partial charge in [-0.3, -0.25) is 4.79 Å². The molecule has 1 aliphatic rings. The minimum atomic E-state index is 0.00914. The van der Waals surface area contributed by atoms with Crippen LogP contribution in [0.2, 0.25) is 0 Å². The van der Waals surface area contributed by atoms with Crippen LogP contribution in [0.4, 0.5) is 11.4 Å². The van der Waals surface area contributed by atoms with Crippen LogP contribution >= 0.6 is 15.9 Å². The maximum atomic E-state index is 12.1. The van der Waals surface area contributed by atoms with Crippen molar-refractivity contribution < 1.29 is 4.79 Å². The number of halogens is 1. The number of nitrogens with one attached hydrogen (secondary N) is 1. The van der Waals surface area contributed by atoms with Crippen molar-refractivity contribution in [2.24, 2.45) is 5.92 Å². The summed E-state index contributed by atoms with van der Waals surface area (Å²) in [6, 6.07) is 16.0. The van der Waals surface area contributed by atoms with Crippen molar-refractivity contribution in [1.82, 2.24) is 0 Å². The van der Waals surface area contributed by atoms with E-state index in [-0.39, 0.29) is 5.91 Å². The molecule has 1 fully saturated rings. The van der Waals surface area contributed by atoms with Gasteiger partial charge in [0.05, 0.1) is 6.42 Å². The first-order chi connectivity index (χ1) is 11.1. The summed E-state index contributed by atoms with van der Waals surface area (Å²) in [6.45, 7) is 4.53. The van der Waals surface area contributed by atoms with Crippen LogP contribution in [-0.4, -0.2) is 19.0 Å². The number of amides is 1. The molecular weight excluding hydrogens is 352 g/mol. The minimum absolute atomic E-state index is 0.00914. The van der Waals surface area contributed by atoms with E-state index in [1.165, 1.54) is 12.1 Å². The van der Waals surface area contributed by atoms with E-state index in [0.29, 0.717) is 6.42 Å². The van der Waals surface area contributed by atoms with Crippen molar-refractivity contribution in [2.75, 3.05) is 23.3 Å². The lowest BCUT2D eigenvalue weighted by atomic mass is 10.1. The molecule has 2 aromatic rings. The molecule has 23 heavy (non-hydrogen) atoms. The van der Waals surface area contributed by atoms with E-state index >= 15 is 0 Å². The highest BCUT2D eigenvalue weighted by molar-refractivity contribution is 9.10. The molecule has 0 aromatic heterocycles. The highest BCUT2D eigenvalue weighted by Gasteiger charge is 2.18. The van der Waals surface area contributed by atoms with Crippen LogP contribution in [0.25, 0.3) is 0 Å². The Morgan fingerprint density at radius 1 is 1.17 bits per heavy atom. The van der Waals surface area contributed by atoms with E-state index in [9.17, 15) is 4.79 Å². The molecule has 1 amide bonds. The van der Waals surface area contributed by atoms with Gasteiger partial charge in [0, 0.05) is 28.9 Å². The van der Waals surface area contributed by atoms with E-state index in [4.69, 9.17) is 0 Å². The van der Waals surface area contributed by atoms with Gasteiger partial charge in [-0.15, -0.1) is 0 Å². The molecule has 120 valence electrons. The first-order valence-corrected chi connectivity index (χ1v) is 8.79. The molecule has 4 heteroatoms. The number of rotatable bonds is 4. The Hall–Kier alpha value is -1.81. The molecule has 0 spiro atoms. The third-order valence-electron chi connectivity index (χ3n) is 4.22. The van der Waals surface area contributed by atoms with E-state index in [1.54, 1.807) is 0 Å². The van der Waals surface area contributed by atoms with Crippen molar-refractivity contribution in [3.63, 3.8) is 0 Å². The van der Waals surface area contributed by atoms with Gasteiger partial charge in [-0.1, -0.05) is 35.0 Å². The summed E-state index contributed by atoms with van der Waals surface area (Å²) in [6.07, 6.45) is 1.64. The summed E-state index contributed by atoms with van der Waals surface area (Å²) in [4.78, 5) is 14.5. The molecule has 1 atom stereocenters. The van der Waals surface area contributed by atoms with Gasteiger partial charge in [0.15, 0.2) is 0 Å². The fraction of sp³-hybridized carbons (Fsp3) is 0.316. The first-order valence-electron chi connectivity index (χ1n) is 7.99. The Morgan fingerprint density at radius 3 is 2.48 bits per heavy atom. The smallest absolute Gasteiger partial charge is 0.228 e. The molecule has 0 bridgehead atoms. The van der Waals surface area contributed by atoms with Crippen LogP contribution in [0, 0.1) is 5.92 Å². The standard InChI is InChI=1S/C19H21BrN2O/c1-14-10-11-22(13-14)18-8-6-17(7-9-18)21-19(23)12-15-2-4-16(20)5-3-15/h2-9,14H,10-13H2,1H3,(H,21,23). The summed E-state index contributed by atoms with van der Waals surface area (Å²) in [5.74, 6) is 0.773. The quantitative estimate of drug-likeness (QED) is 0.857. The Morgan fingerprint density at radius 2 is 1.87 bits per heavy atom. The maximum absolute atomic E-state index is 12.1. The number of nitrogens with zero attached hydrogens (tertiary/aromatic N) is 1. The average Bonchev–Trinajstić information content (AvgIpc) is 2.97. The Labute approximate surface area is 145 Å². The molecule has 0 radical (unpaired) electrons. The summed E-state index contributed by atoms with van der Waals surface area (Å²) in [7, 11) is 0. The number of carbonyl (C=O) groups excluding carboxylic acids is 1. The lowest BCUT2D eigenvalue weighted by molar-refractivity contribution is -0.115. The van der Waals surface area contributed by atoms with Crippen molar-refractivity contribution in [3.05, 3.63) is 58.6 Å². The normalized spacial score (nSPS) is 17.3. The number of hydrogen-bond donors (Lipinski definition) is 1. The SMILES string of the molecule is CC1CCN(c2ccc(NC(=O)Cc3ccc(Br)cc3)cc2)C1. The second-order valence-electron chi connectivity index (χ2n) is 6.24. The third-order valence-corrected chi connectivity index (χ3v) is 4.75. The molecule has 1 aliphatic heterocycles. The first kappa shape index (κ1) is 16.1. The topological polar surface area (TPSA) is 32.3 Å². The van der Waals surface area contributed by atoms with Crippen molar-refractivity contribution >= 4 is 33.2 Å². The van der Waals surface area contributed by atoms with Crippen LogP contribution in [0.15, 0.2) is 53.0 Å². The largest absolute Gasteiger partial charge is 0.371 e. The summed E-state index contributed by atoms with van der Waals surface area (Å²) in [5.41, 5.74) is 3.09. The molecule has 1 N–H and O–H groups in total. The van der Waals surface area contributed by atoms with E-state index in [0.717, 1.165) is 34.7 Å². The van der Waals surface area contributed by atoms with E-state index in [1.807, 2.05) is 36.4 Å². The van der Waals surface area contributed by atoms with Crippen LogP contribution in [-0.2, 0) is 11.2 Å². The molecule has 0 aliphatic carbocycles. The van der Waals surface area contributed by atoms with Gasteiger partial charge < -0.3 is 10.2 Å². The van der Waals surface area contributed by atoms with Crippen molar-refractivity contribution in [1.29, 1.82) is 0 Å². The average molecular weight is 373 g/mol. The number of carbonyl (C=O) groups is 1. The van der Waals surface area contributed by atoms with Crippen LogP contribution in [0.3, 0.4) is 0 Å². The monoisotopic (exact) mass is 372 g/mol. The van der Waals surface area contributed by atoms with Crippen LogP contribution in [0.1, 0.15) is 18.9 Å². The zero-order valence-corrected chi connectivity index (χ0v) is 14.8. The Balaban J connectivity index is 1.57. The number of anilines is 2. The predicted molar refractivity (Wildman–Crippen MR) is 98.9 cm³/mol. The molecule has 3 nitrogen and oxygen atoms in total. The fourth-order valence-electron chi connectivity index (χ4n) is 2.92. The third kappa shape index (κ3) is 4.35. The molecule has 0 saturated carbocycles. The Kier molecular flexibility index (Phi) is 5.01. The summed E-state index contributed by atoms with van der Waals surface area (Å²) in [5, 5.41) is 2.96. The van der Waals surface area contributed by atoms with Gasteiger partial charge in [0.2, 0.25) is 5.91 Å². The lowest BCUT2D eigenvalue weighted by Crippen LogP contribution is -2.19. The number of benzene rings is 2. The molecule has 2 aromatic carbocycles. The second kappa shape index (κ2) is 7.18. The van der Waals surface area contributed by atoms with Gasteiger partial charge in [0.1, 0.15) is 0 Å². The molecule has 1 unspecified atom stereocenters. The van der Waals surface area contributed by atoms with Crippen LogP contribution in [0.5, 0.6) is 0 Å². The van der Waals surface area contributed by atoms with Gasteiger partial charge in [-0.05, 0) is 54.3 Å². The fourth-order valence-corrected chi connectivity index (χ4v) is 3.18. The lowest BCUT2D eigenvalue weighted by Gasteiger charge is -2.18. The Bertz CT molecular complexity index is 667. The second-order valence-corrected chi connectivity index (χ2v) is 7.15. The predicted octanol–water partition coefficient (Wildman–Crippen LogP) is 4.48. The van der Waals surface area contributed by atoms with Gasteiger partial charge in [-0.25, -0.2) is 0 Å². The van der Waals surface area contributed by atoms with E-state index in [2.05, 4.69) is 45.2 Å². The van der Waals surface area contributed by atoms with Gasteiger partial charge >= 0.3 is 0 Å². The van der Waals surface area contributed by atoms with Gasteiger partial charge in [-0.2, -0.15) is 0 Å². The highest BCUT2D eigenvalue weighted by atomic mass is 79.9. The van der Waals surface area contributed by atoms with E-state index < -0.39 is 0 Å². The molecular formula is C19H21BrN2O. The highest BCUT2D eigenvalue weighted by Crippen LogP contribution is 2.24. The molecule has 1 heterocycles. The summed E-state index contributed by atoms with van der Waals surface area (Å²) < 4.78 is 1.02. The molecule has 1 saturated heterocycles. The molecule has 3 rings (SSSR count). The summed E-state index contributed by atoms with van der Waals surface area (Å²) >= 11 is 3.40. The zero-order chi connectivity index (χ0) is 16.2. The minimum Gasteiger partial charge on any atom is -0.371 e.